The van der Waals surface area contributed by atoms with Gasteiger partial charge in [0.05, 0.1) is 5.69 Å². The van der Waals surface area contributed by atoms with Gasteiger partial charge in [-0.05, 0) is 30.7 Å². The molecule has 0 aliphatic rings. The fourth-order valence-corrected chi connectivity index (χ4v) is 1.75. The van der Waals surface area contributed by atoms with Crippen LogP contribution in [-0.2, 0) is 6.42 Å². The lowest BCUT2D eigenvalue weighted by atomic mass is 10.0. The summed E-state index contributed by atoms with van der Waals surface area (Å²) in [5.74, 6) is -1.28. The smallest absolute Gasteiger partial charge is 0.129 e. The Kier molecular flexibility index (Phi) is 3.67. The average molecular weight is 249 g/mol. The van der Waals surface area contributed by atoms with Crippen molar-refractivity contribution in [3.8, 4) is 0 Å². The van der Waals surface area contributed by atoms with E-state index in [1.54, 1.807) is 12.1 Å². The second-order valence-electron chi connectivity index (χ2n) is 4.16. The molecular weight excluding hydrogens is 236 g/mol. The van der Waals surface area contributed by atoms with Gasteiger partial charge in [0.25, 0.3) is 0 Å². The average Bonchev–Trinajstić information content (AvgIpc) is 2.32. The van der Waals surface area contributed by atoms with Gasteiger partial charge in [-0.25, -0.2) is 8.78 Å². The van der Waals surface area contributed by atoms with Gasteiger partial charge in [0.15, 0.2) is 0 Å². The Hall–Kier alpha value is -1.81. The zero-order valence-electron chi connectivity index (χ0n) is 9.90. The summed E-state index contributed by atoms with van der Waals surface area (Å²) < 4.78 is 26.2. The number of hydrogen-bond donors (Lipinski definition) is 1. The molecule has 1 aromatic heterocycles. The molecule has 94 valence electrons. The van der Waals surface area contributed by atoms with Gasteiger partial charge >= 0.3 is 0 Å². The summed E-state index contributed by atoms with van der Waals surface area (Å²) in [6, 6.07) is 8.60. The maximum atomic E-state index is 13.4. The molecule has 0 amide bonds. The summed E-state index contributed by atoms with van der Waals surface area (Å²) in [5.41, 5.74) is 1.54. The number of aliphatic hydroxyl groups excluding tert-OH is 1. The fraction of sp³-hybridized carbons (Fsp3) is 0.214. The van der Waals surface area contributed by atoms with Crippen molar-refractivity contribution in [3.05, 3.63) is 65.0 Å². The maximum Gasteiger partial charge on any atom is 0.129 e. The predicted octanol–water partition coefficient (Wildman–Crippen LogP) is 2.94. The summed E-state index contributed by atoms with van der Waals surface area (Å²) in [5, 5.41) is 9.97. The van der Waals surface area contributed by atoms with Gasteiger partial charge in [-0.1, -0.05) is 12.1 Å². The second kappa shape index (κ2) is 5.23. The molecule has 2 rings (SSSR count). The van der Waals surface area contributed by atoms with Gasteiger partial charge in [-0.3, -0.25) is 4.98 Å². The van der Waals surface area contributed by atoms with Crippen molar-refractivity contribution in [1.82, 2.24) is 4.98 Å². The standard InChI is InChI=1S/C14H13F2NO/c1-9-3-2-4-13(17-9)14(18)7-10-5-6-11(15)8-12(10)16/h2-6,8,14,18H,7H2,1H3. The van der Waals surface area contributed by atoms with Crippen LogP contribution < -0.4 is 0 Å². The van der Waals surface area contributed by atoms with E-state index in [1.165, 1.54) is 12.1 Å². The van der Waals surface area contributed by atoms with E-state index in [1.807, 2.05) is 13.0 Å². The lowest BCUT2D eigenvalue weighted by Crippen LogP contribution is -2.06. The van der Waals surface area contributed by atoms with Crippen molar-refractivity contribution in [1.29, 1.82) is 0 Å². The van der Waals surface area contributed by atoms with E-state index < -0.39 is 17.7 Å². The molecule has 1 aromatic carbocycles. The third-order valence-corrected chi connectivity index (χ3v) is 2.68. The van der Waals surface area contributed by atoms with Crippen LogP contribution in [0.1, 0.15) is 23.1 Å². The quantitative estimate of drug-likeness (QED) is 0.907. The highest BCUT2D eigenvalue weighted by atomic mass is 19.1. The zero-order valence-corrected chi connectivity index (χ0v) is 9.90. The lowest BCUT2D eigenvalue weighted by Gasteiger charge is -2.11. The molecule has 0 radical (unpaired) electrons. The van der Waals surface area contributed by atoms with Crippen molar-refractivity contribution < 1.29 is 13.9 Å². The number of benzene rings is 1. The molecule has 1 unspecified atom stereocenters. The highest BCUT2D eigenvalue weighted by Crippen LogP contribution is 2.19. The summed E-state index contributed by atoms with van der Waals surface area (Å²) in [6.07, 6.45) is -0.826. The Bertz CT molecular complexity index is 557. The minimum atomic E-state index is -0.898. The highest BCUT2D eigenvalue weighted by molar-refractivity contribution is 5.21. The van der Waals surface area contributed by atoms with Gasteiger partial charge in [0.1, 0.15) is 17.7 Å². The third-order valence-electron chi connectivity index (χ3n) is 2.68. The van der Waals surface area contributed by atoms with E-state index in [-0.39, 0.29) is 12.0 Å². The van der Waals surface area contributed by atoms with E-state index >= 15 is 0 Å². The van der Waals surface area contributed by atoms with Gasteiger partial charge in [-0.2, -0.15) is 0 Å². The van der Waals surface area contributed by atoms with E-state index in [9.17, 15) is 13.9 Å². The SMILES string of the molecule is Cc1cccc(C(O)Cc2ccc(F)cc2F)n1. The van der Waals surface area contributed by atoms with Crippen LogP contribution >= 0.6 is 0 Å². The molecule has 1 heterocycles. The monoisotopic (exact) mass is 249 g/mol. The number of aryl methyl sites for hydroxylation is 1. The number of pyridine rings is 1. The van der Waals surface area contributed by atoms with Crippen LogP contribution in [0.2, 0.25) is 0 Å². The van der Waals surface area contributed by atoms with Crippen molar-refractivity contribution in [2.45, 2.75) is 19.4 Å². The summed E-state index contributed by atoms with van der Waals surface area (Å²) in [6.45, 7) is 1.81. The third kappa shape index (κ3) is 2.90. The molecule has 0 spiro atoms. The van der Waals surface area contributed by atoms with Crippen LogP contribution in [0.5, 0.6) is 0 Å². The Balaban J connectivity index is 2.18. The summed E-state index contributed by atoms with van der Waals surface area (Å²) >= 11 is 0. The fourth-order valence-electron chi connectivity index (χ4n) is 1.75. The van der Waals surface area contributed by atoms with Crippen LogP contribution in [-0.4, -0.2) is 10.1 Å². The van der Waals surface area contributed by atoms with Gasteiger partial charge < -0.3 is 5.11 Å². The van der Waals surface area contributed by atoms with Crippen molar-refractivity contribution in [2.75, 3.05) is 0 Å². The summed E-state index contributed by atoms with van der Waals surface area (Å²) in [4.78, 5) is 4.17. The van der Waals surface area contributed by atoms with Crippen molar-refractivity contribution >= 4 is 0 Å². The van der Waals surface area contributed by atoms with E-state index in [2.05, 4.69) is 4.98 Å². The highest BCUT2D eigenvalue weighted by Gasteiger charge is 2.13. The Morgan fingerprint density at radius 1 is 1.22 bits per heavy atom. The maximum absolute atomic E-state index is 13.4. The first kappa shape index (κ1) is 12.6. The number of rotatable bonds is 3. The van der Waals surface area contributed by atoms with Gasteiger partial charge in [0.2, 0.25) is 0 Å². The molecule has 0 saturated heterocycles. The van der Waals surface area contributed by atoms with E-state index in [0.717, 1.165) is 11.8 Å². The Morgan fingerprint density at radius 3 is 2.67 bits per heavy atom. The van der Waals surface area contributed by atoms with Crippen molar-refractivity contribution in [2.24, 2.45) is 0 Å². The number of nitrogens with zero attached hydrogens (tertiary/aromatic N) is 1. The van der Waals surface area contributed by atoms with Crippen molar-refractivity contribution in [3.63, 3.8) is 0 Å². The van der Waals surface area contributed by atoms with E-state index in [0.29, 0.717) is 5.69 Å². The topological polar surface area (TPSA) is 33.1 Å². The first-order valence-electron chi connectivity index (χ1n) is 5.62. The Labute approximate surface area is 104 Å². The van der Waals surface area contributed by atoms with Crippen LogP contribution in [0.25, 0.3) is 0 Å². The molecule has 0 fully saturated rings. The van der Waals surface area contributed by atoms with Crippen LogP contribution in [0.15, 0.2) is 36.4 Å². The molecule has 4 heteroatoms. The molecule has 18 heavy (non-hydrogen) atoms. The second-order valence-corrected chi connectivity index (χ2v) is 4.16. The minimum absolute atomic E-state index is 0.0720. The van der Waals surface area contributed by atoms with Crippen LogP contribution in [0.4, 0.5) is 8.78 Å². The zero-order chi connectivity index (χ0) is 13.1. The molecular formula is C14H13F2NO. The molecule has 0 bridgehead atoms. The molecule has 1 atom stereocenters. The Morgan fingerprint density at radius 2 is 2.00 bits per heavy atom. The number of halogens is 2. The normalized spacial score (nSPS) is 12.4. The van der Waals surface area contributed by atoms with Crippen LogP contribution in [0, 0.1) is 18.6 Å². The first-order chi connectivity index (χ1) is 8.56. The molecule has 0 saturated carbocycles. The largest absolute Gasteiger partial charge is 0.386 e. The number of aliphatic hydroxyl groups is 1. The van der Waals surface area contributed by atoms with Gasteiger partial charge in [0, 0.05) is 18.2 Å². The molecule has 2 aromatic rings. The minimum Gasteiger partial charge on any atom is -0.386 e. The first-order valence-corrected chi connectivity index (χ1v) is 5.62. The molecule has 2 nitrogen and oxygen atoms in total. The van der Waals surface area contributed by atoms with Crippen LogP contribution in [0.3, 0.4) is 0 Å². The molecule has 0 aliphatic carbocycles. The van der Waals surface area contributed by atoms with Gasteiger partial charge in [-0.15, -0.1) is 0 Å². The molecule has 1 N–H and O–H groups in total. The predicted molar refractivity (Wildman–Crippen MR) is 64.0 cm³/mol. The number of hydrogen-bond acceptors (Lipinski definition) is 2. The summed E-state index contributed by atoms with van der Waals surface area (Å²) in [7, 11) is 0. The van der Waals surface area contributed by atoms with E-state index in [4.69, 9.17) is 0 Å². The number of aromatic nitrogens is 1. The molecule has 0 aliphatic heterocycles. The lowest BCUT2D eigenvalue weighted by molar-refractivity contribution is 0.172.